The molecule has 0 aliphatic carbocycles. The summed E-state index contributed by atoms with van der Waals surface area (Å²) in [4.78, 5) is 12.1. The summed E-state index contributed by atoms with van der Waals surface area (Å²) in [5.41, 5.74) is -0.289. The number of carbonyl (C=O) groups excluding carboxylic acids is 1. The van der Waals surface area contributed by atoms with Gasteiger partial charge in [0.05, 0.1) is 0 Å². The Morgan fingerprint density at radius 1 is 1.48 bits per heavy atom. The van der Waals surface area contributed by atoms with Gasteiger partial charge < -0.3 is 15.4 Å². The number of aromatic nitrogens is 4. The largest absolute Gasteiger partial charge is 0.385 e. The van der Waals surface area contributed by atoms with Gasteiger partial charge >= 0.3 is 6.03 Å². The van der Waals surface area contributed by atoms with Crippen LogP contribution >= 0.6 is 0 Å². The van der Waals surface area contributed by atoms with E-state index in [0.29, 0.717) is 6.61 Å². The molecule has 1 aromatic rings. The van der Waals surface area contributed by atoms with Gasteiger partial charge in [0.15, 0.2) is 5.82 Å². The zero-order valence-corrected chi connectivity index (χ0v) is 12.9. The summed E-state index contributed by atoms with van der Waals surface area (Å²) in [5, 5.41) is 17.6. The molecule has 8 heteroatoms. The lowest BCUT2D eigenvalue weighted by Crippen LogP contribution is -2.51. The Morgan fingerprint density at radius 2 is 2.29 bits per heavy atom. The predicted molar refractivity (Wildman–Crippen MR) is 76.8 cm³/mol. The van der Waals surface area contributed by atoms with E-state index < -0.39 is 0 Å². The number of nitrogens with one attached hydrogen (secondary N) is 2. The van der Waals surface area contributed by atoms with Gasteiger partial charge in [-0.2, -0.15) is 0 Å². The van der Waals surface area contributed by atoms with Crippen molar-refractivity contribution in [1.82, 2.24) is 30.8 Å². The molecule has 2 amide bonds. The molecule has 1 aliphatic rings. The minimum atomic E-state index is -0.289. The number of tetrazole rings is 1. The molecular weight excluding hydrogens is 272 g/mol. The Hall–Kier alpha value is -1.70. The number of hydrogen-bond acceptors (Lipinski definition) is 5. The lowest BCUT2D eigenvalue weighted by Gasteiger charge is -2.27. The first kappa shape index (κ1) is 15.7. The minimum Gasteiger partial charge on any atom is -0.385 e. The molecule has 2 N–H and O–H groups in total. The number of aryl methyl sites for hydroxylation is 2. The van der Waals surface area contributed by atoms with Crippen LogP contribution in [0.15, 0.2) is 0 Å². The molecule has 8 nitrogen and oxygen atoms in total. The third-order valence-corrected chi connectivity index (χ3v) is 3.73. The highest BCUT2D eigenvalue weighted by Gasteiger charge is 2.23. The normalized spacial score (nSPS) is 18.7. The van der Waals surface area contributed by atoms with Gasteiger partial charge in [0.1, 0.15) is 0 Å². The molecule has 1 aliphatic heterocycles. The van der Waals surface area contributed by atoms with Crippen LogP contribution in [-0.2, 0) is 17.7 Å². The number of urea groups is 1. The van der Waals surface area contributed by atoms with E-state index in [1.54, 1.807) is 7.11 Å². The van der Waals surface area contributed by atoms with E-state index in [0.717, 1.165) is 38.1 Å². The summed E-state index contributed by atoms with van der Waals surface area (Å²) in [6.45, 7) is 5.34. The number of methoxy groups -OCH3 is 1. The van der Waals surface area contributed by atoms with Crippen molar-refractivity contribution in [3.8, 4) is 0 Å². The summed E-state index contributed by atoms with van der Waals surface area (Å²) in [7, 11) is 1.66. The molecule has 0 fully saturated rings. The molecule has 1 unspecified atom stereocenters. The van der Waals surface area contributed by atoms with Crippen molar-refractivity contribution >= 4 is 6.03 Å². The third-order valence-electron chi connectivity index (χ3n) is 3.73. The van der Waals surface area contributed by atoms with Gasteiger partial charge in [0.25, 0.3) is 0 Å². The molecule has 0 bridgehead atoms. The lowest BCUT2D eigenvalue weighted by molar-refractivity contribution is 0.164. The van der Waals surface area contributed by atoms with Crippen LogP contribution in [0.25, 0.3) is 0 Å². The smallest absolute Gasteiger partial charge is 0.315 e. The molecule has 118 valence electrons. The van der Waals surface area contributed by atoms with Gasteiger partial charge in [0, 0.05) is 38.3 Å². The van der Waals surface area contributed by atoms with Crippen LogP contribution < -0.4 is 10.6 Å². The van der Waals surface area contributed by atoms with Gasteiger partial charge in [-0.05, 0) is 43.5 Å². The monoisotopic (exact) mass is 296 g/mol. The van der Waals surface area contributed by atoms with E-state index in [-0.39, 0.29) is 17.6 Å². The summed E-state index contributed by atoms with van der Waals surface area (Å²) >= 11 is 0. The highest BCUT2D eigenvalue weighted by molar-refractivity contribution is 5.75. The van der Waals surface area contributed by atoms with Crippen molar-refractivity contribution in [2.45, 2.75) is 57.7 Å². The first-order chi connectivity index (χ1) is 10.00. The number of amides is 2. The van der Waals surface area contributed by atoms with Crippen LogP contribution in [0.3, 0.4) is 0 Å². The van der Waals surface area contributed by atoms with Crippen molar-refractivity contribution in [1.29, 1.82) is 0 Å². The van der Waals surface area contributed by atoms with Crippen molar-refractivity contribution in [2.75, 3.05) is 13.7 Å². The Morgan fingerprint density at radius 3 is 3.05 bits per heavy atom. The summed E-state index contributed by atoms with van der Waals surface area (Å²) < 4.78 is 6.87. The van der Waals surface area contributed by atoms with Crippen molar-refractivity contribution in [3.63, 3.8) is 0 Å². The molecule has 1 aromatic heterocycles. The van der Waals surface area contributed by atoms with Gasteiger partial charge in [-0.15, -0.1) is 5.10 Å². The number of rotatable bonds is 5. The highest BCUT2D eigenvalue weighted by Crippen LogP contribution is 2.12. The first-order valence-electron chi connectivity index (χ1n) is 7.33. The summed E-state index contributed by atoms with van der Waals surface area (Å²) in [6.07, 6.45) is 3.24. The Kier molecular flexibility index (Phi) is 5.11. The average Bonchev–Trinajstić information content (AvgIpc) is 2.79. The molecule has 1 atom stereocenters. The predicted octanol–water partition coefficient (Wildman–Crippen LogP) is 0.492. The van der Waals surface area contributed by atoms with Crippen LogP contribution in [-0.4, -0.2) is 51.5 Å². The second-order valence-electron chi connectivity index (χ2n) is 6.07. The summed E-state index contributed by atoms with van der Waals surface area (Å²) in [5.74, 6) is 0.889. The standard InChI is InChI=1S/C13H24N6O2/c1-13(2,7-9-21-3)15-12(20)14-10-4-5-11-16-17-18-19(11)8-6-10/h10H,4-9H2,1-3H3,(H2,14,15,20). The van der Waals surface area contributed by atoms with Crippen molar-refractivity contribution in [2.24, 2.45) is 0 Å². The van der Waals surface area contributed by atoms with Crippen LogP contribution in [0.4, 0.5) is 4.79 Å². The minimum absolute atomic E-state index is 0.131. The maximum Gasteiger partial charge on any atom is 0.315 e. The second-order valence-corrected chi connectivity index (χ2v) is 6.07. The second kappa shape index (κ2) is 6.84. The molecule has 2 heterocycles. The molecule has 0 radical (unpaired) electrons. The van der Waals surface area contributed by atoms with Gasteiger partial charge in [-0.25, -0.2) is 9.48 Å². The highest BCUT2D eigenvalue weighted by atomic mass is 16.5. The van der Waals surface area contributed by atoms with E-state index in [2.05, 4.69) is 26.2 Å². The maximum absolute atomic E-state index is 12.1. The first-order valence-corrected chi connectivity index (χ1v) is 7.33. The molecule has 21 heavy (non-hydrogen) atoms. The molecule has 0 spiro atoms. The molecule has 0 saturated carbocycles. The third kappa shape index (κ3) is 4.66. The SMILES string of the molecule is COCCC(C)(C)NC(=O)NC1CCc2nnnn2CC1. The van der Waals surface area contributed by atoms with Crippen LogP contribution in [0.2, 0.25) is 0 Å². The topological polar surface area (TPSA) is 94.0 Å². The van der Waals surface area contributed by atoms with Crippen LogP contribution in [0.5, 0.6) is 0 Å². The fourth-order valence-electron chi connectivity index (χ4n) is 2.39. The molecular formula is C13H24N6O2. The van der Waals surface area contributed by atoms with E-state index in [1.807, 2.05) is 18.5 Å². The Bertz CT molecular complexity index is 450. The quantitative estimate of drug-likeness (QED) is 0.825. The van der Waals surface area contributed by atoms with Gasteiger partial charge in [-0.3, -0.25) is 0 Å². The number of ether oxygens (including phenoxy) is 1. The zero-order valence-electron chi connectivity index (χ0n) is 12.9. The molecule has 0 aromatic carbocycles. The number of nitrogens with zero attached hydrogens (tertiary/aromatic N) is 4. The lowest BCUT2D eigenvalue weighted by atomic mass is 10.0. The Labute approximate surface area is 124 Å². The van der Waals surface area contributed by atoms with Gasteiger partial charge in [0.2, 0.25) is 0 Å². The Balaban J connectivity index is 1.79. The average molecular weight is 296 g/mol. The fourth-order valence-corrected chi connectivity index (χ4v) is 2.39. The van der Waals surface area contributed by atoms with Crippen LogP contribution in [0.1, 0.15) is 38.9 Å². The summed E-state index contributed by atoms with van der Waals surface area (Å²) in [6, 6.07) is -0.00143. The van der Waals surface area contributed by atoms with E-state index in [4.69, 9.17) is 4.74 Å². The van der Waals surface area contributed by atoms with E-state index in [1.165, 1.54) is 0 Å². The number of fused-ring (bicyclic) bond motifs is 1. The van der Waals surface area contributed by atoms with Gasteiger partial charge in [-0.1, -0.05) is 0 Å². The number of carbonyl (C=O) groups is 1. The maximum atomic E-state index is 12.1. The van der Waals surface area contributed by atoms with Crippen LogP contribution in [0, 0.1) is 0 Å². The molecule has 2 rings (SSSR count). The number of hydrogen-bond donors (Lipinski definition) is 2. The van der Waals surface area contributed by atoms with Crippen molar-refractivity contribution < 1.29 is 9.53 Å². The van der Waals surface area contributed by atoms with E-state index in [9.17, 15) is 4.79 Å². The fraction of sp³-hybridized carbons (Fsp3) is 0.846. The van der Waals surface area contributed by atoms with E-state index >= 15 is 0 Å². The van der Waals surface area contributed by atoms with Crippen molar-refractivity contribution in [3.05, 3.63) is 5.82 Å². The zero-order chi connectivity index (χ0) is 15.3. The molecule has 0 saturated heterocycles.